The summed E-state index contributed by atoms with van der Waals surface area (Å²) in [6.45, 7) is 2.13. The van der Waals surface area contributed by atoms with Crippen LogP contribution in [0, 0.1) is 11.3 Å². The van der Waals surface area contributed by atoms with E-state index in [9.17, 15) is 0 Å². The molecule has 0 aliphatic heterocycles. The van der Waals surface area contributed by atoms with Gasteiger partial charge in [-0.05, 0) is 31.2 Å². The molecule has 0 atom stereocenters. The summed E-state index contributed by atoms with van der Waals surface area (Å²) in [6.07, 6.45) is 6.33. The molecule has 15 heavy (non-hydrogen) atoms. The Kier molecular flexibility index (Phi) is 3.05. The standard InChI is InChI=1S/C12H17N3/c1-2-11-10(7-4-8-13)12(15-14-11)9-5-3-6-9/h9H,2-7H2,1H3,(H,14,15). The second-order valence-corrected chi connectivity index (χ2v) is 4.21. The molecule has 80 valence electrons. The van der Waals surface area contributed by atoms with Crippen molar-refractivity contribution in [2.24, 2.45) is 0 Å². The van der Waals surface area contributed by atoms with Gasteiger partial charge in [-0.3, -0.25) is 5.10 Å². The molecule has 1 fully saturated rings. The Labute approximate surface area is 90.5 Å². The van der Waals surface area contributed by atoms with Gasteiger partial charge < -0.3 is 0 Å². The third kappa shape index (κ3) is 1.90. The molecule has 1 aliphatic carbocycles. The first-order valence-corrected chi connectivity index (χ1v) is 5.79. The van der Waals surface area contributed by atoms with Gasteiger partial charge in [0.15, 0.2) is 0 Å². The fourth-order valence-corrected chi connectivity index (χ4v) is 2.19. The first kappa shape index (κ1) is 10.2. The van der Waals surface area contributed by atoms with Crippen LogP contribution in [-0.2, 0) is 12.8 Å². The molecule has 0 spiro atoms. The SMILES string of the molecule is CCc1[nH]nc(C2CCC2)c1CCC#N. The molecule has 3 heteroatoms. The lowest BCUT2D eigenvalue weighted by Crippen LogP contribution is -2.11. The van der Waals surface area contributed by atoms with E-state index < -0.39 is 0 Å². The van der Waals surface area contributed by atoms with Crippen LogP contribution in [0.5, 0.6) is 0 Å². The van der Waals surface area contributed by atoms with E-state index in [0.29, 0.717) is 12.3 Å². The van der Waals surface area contributed by atoms with Crippen molar-refractivity contribution in [3.05, 3.63) is 17.0 Å². The number of hydrogen-bond donors (Lipinski definition) is 1. The van der Waals surface area contributed by atoms with E-state index in [1.54, 1.807) is 0 Å². The highest BCUT2D eigenvalue weighted by molar-refractivity contribution is 5.30. The molecule has 3 nitrogen and oxygen atoms in total. The molecule has 1 aromatic rings. The minimum Gasteiger partial charge on any atom is -0.282 e. The third-order valence-corrected chi connectivity index (χ3v) is 3.32. The predicted molar refractivity (Wildman–Crippen MR) is 58.5 cm³/mol. The highest BCUT2D eigenvalue weighted by Gasteiger charge is 2.25. The molecule has 1 N–H and O–H groups in total. The average molecular weight is 203 g/mol. The summed E-state index contributed by atoms with van der Waals surface area (Å²) < 4.78 is 0. The minimum absolute atomic E-state index is 0.603. The Hall–Kier alpha value is -1.30. The van der Waals surface area contributed by atoms with Gasteiger partial charge in [-0.2, -0.15) is 10.4 Å². The number of aromatic nitrogens is 2. The zero-order chi connectivity index (χ0) is 10.7. The number of hydrogen-bond acceptors (Lipinski definition) is 2. The van der Waals surface area contributed by atoms with Gasteiger partial charge in [-0.15, -0.1) is 0 Å². The molecule has 0 saturated heterocycles. The smallest absolute Gasteiger partial charge is 0.0688 e. The first-order chi connectivity index (χ1) is 7.36. The molecule has 1 saturated carbocycles. The maximum absolute atomic E-state index is 8.65. The van der Waals surface area contributed by atoms with Crippen LogP contribution in [-0.4, -0.2) is 10.2 Å². The molecule has 0 bridgehead atoms. The summed E-state index contributed by atoms with van der Waals surface area (Å²) in [4.78, 5) is 0. The Balaban J connectivity index is 2.20. The quantitative estimate of drug-likeness (QED) is 0.818. The number of nitriles is 1. The van der Waals surface area contributed by atoms with Gasteiger partial charge >= 0.3 is 0 Å². The fraction of sp³-hybridized carbons (Fsp3) is 0.667. The molecule has 0 amide bonds. The molecule has 1 aromatic heterocycles. The summed E-state index contributed by atoms with van der Waals surface area (Å²) in [5.41, 5.74) is 3.80. The lowest BCUT2D eigenvalue weighted by Gasteiger charge is -2.24. The molecular formula is C12H17N3. The van der Waals surface area contributed by atoms with Crippen molar-refractivity contribution in [2.75, 3.05) is 0 Å². The Bertz CT molecular complexity index is 369. The first-order valence-electron chi connectivity index (χ1n) is 5.79. The van der Waals surface area contributed by atoms with E-state index in [2.05, 4.69) is 23.2 Å². The van der Waals surface area contributed by atoms with Gasteiger partial charge in [0.05, 0.1) is 11.8 Å². The van der Waals surface area contributed by atoms with E-state index in [4.69, 9.17) is 5.26 Å². The molecule has 0 unspecified atom stereocenters. The van der Waals surface area contributed by atoms with Crippen LogP contribution in [0.15, 0.2) is 0 Å². The highest BCUT2D eigenvalue weighted by Crippen LogP contribution is 2.37. The predicted octanol–water partition coefficient (Wildman–Crippen LogP) is 2.70. The maximum Gasteiger partial charge on any atom is 0.0688 e. The molecule has 0 radical (unpaired) electrons. The average Bonchev–Trinajstić information content (AvgIpc) is 2.55. The van der Waals surface area contributed by atoms with E-state index >= 15 is 0 Å². The van der Waals surface area contributed by atoms with Gasteiger partial charge in [0, 0.05) is 18.0 Å². The summed E-state index contributed by atoms with van der Waals surface area (Å²) in [5.74, 6) is 0.662. The lowest BCUT2D eigenvalue weighted by atomic mass is 9.80. The molecular weight excluding hydrogens is 186 g/mol. The highest BCUT2D eigenvalue weighted by atomic mass is 15.1. The number of nitrogens with zero attached hydrogens (tertiary/aromatic N) is 2. The zero-order valence-corrected chi connectivity index (χ0v) is 9.21. The van der Waals surface area contributed by atoms with Gasteiger partial charge in [0.25, 0.3) is 0 Å². The topological polar surface area (TPSA) is 52.5 Å². The van der Waals surface area contributed by atoms with Crippen LogP contribution in [0.1, 0.15) is 55.5 Å². The largest absolute Gasteiger partial charge is 0.282 e. The van der Waals surface area contributed by atoms with E-state index in [1.807, 2.05) is 0 Å². The Morgan fingerprint density at radius 3 is 2.87 bits per heavy atom. The van der Waals surface area contributed by atoms with Crippen molar-refractivity contribution in [1.29, 1.82) is 5.26 Å². The second kappa shape index (κ2) is 4.48. The summed E-state index contributed by atoms with van der Waals surface area (Å²) in [5, 5.41) is 16.2. The maximum atomic E-state index is 8.65. The van der Waals surface area contributed by atoms with E-state index in [1.165, 1.54) is 36.2 Å². The minimum atomic E-state index is 0.603. The number of aromatic amines is 1. The number of aryl methyl sites for hydroxylation is 1. The van der Waals surface area contributed by atoms with Crippen LogP contribution >= 0.6 is 0 Å². The van der Waals surface area contributed by atoms with Crippen LogP contribution in [0.4, 0.5) is 0 Å². The van der Waals surface area contributed by atoms with Crippen molar-refractivity contribution >= 4 is 0 Å². The second-order valence-electron chi connectivity index (χ2n) is 4.21. The monoisotopic (exact) mass is 203 g/mol. The van der Waals surface area contributed by atoms with Crippen LogP contribution in [0.3, 0.4) is 0 Å². The van der Waals surface area contributed by atoms with Crippen molar-refractivity contribution < 1.29 is 0 Å². The Morgan fingerprint density at radius 2 is 2.33 bits per heavy atom. The van der Waals surface area contributed by atoms with Crippen LogP contribution in [0.25, 0.3) is 0 Å². The zero-order valence-electron chi connectivity index (χ0n) is 9.21. The molecule has 1 heterocycles. The summed E-state index contributed by atoms with van der Waals surface area (Å²) in [6, 6.07) is 2.22. The third-order valence-electron chi connectivity index (χ3n) is 3.32. The van der Waals surface area contributed by atoms with Crippen molar-refractivity contribution in [3.8, 4) is 6.07 Å². The number of H-pyrrole nitrogens is 1. The van der Waals surface area contributed by atoms with E-state index in [-0.39, 0.29) is 0 Å². The number of nitrogens with one attached hydrogen (secondary N) is 1. The van der Waals surface area contributed by atoms with Crippen LogP contribution < -0.4 is 0 Å². The normalized spacial score (nSPS) is 16.0. The lowest BCUT2D eigenvalue weighted by molar-refractivity contribution is 0.408. The van der Waals surface area contributed by atoms with Gasteiger partial charge in [0.2, 0.25) is 0 Å². The fourth-order valence-electron chi connectivity index (χ4n) is 2.19. The van der Waals surface area contributed by atoms with Crippen molar-refractivity contribution in [1.82, 2.24) is 10.2 Å². The molecule has 0 aromatic carbocycles. The van der Waals surface area contributed by atoms with Gasteiger partial charge in [0.1, 0.15) is 0 Å². The summed E-state index contributed by atoms with van der Waals surface area (Å²) >= 11 is 0. The van der Waals surface area contributed by atoms with Gasteiger partial charge in [-0.25, -0.2) is 0 Å². The van der Waals surface area contributed by atoms with E-state index in [0.717, 1.165) is 12.8 Å². The van der Waals surface area contributed by atoms with Crippen LogP contribution in [0.2, 0.25) is 0 Å². The van der Waals surface area contributed by atoms with Gasteiger partial charge in [-0.1, -0.05) is 13.3 Å². The number of rotatable bonds is 4. The molecule has 2 rings (SSSR count). The Morgan fingerprint density at radius 1 is 1.53 bits per heavy atom. The molecule has 1 aliphatic rings. The van der Waals surface area contributed by atoms with Crippen molar-refractivity contribution in [2.45, 2.75) is 51.4 Å². The van der Waals surface area contributed by atoms with Crippen molar-refractivity contribution in [3.63, 3.8) is 0 Å². The summed E-state index contributed by atoms with van der Waals surface area (Å²) in [7, 11) is 0.